The molecule has 0 radical (unpaired) electrons. The van der Waals surface area contributed by atoms with Crippen molar-refractivity contribution >= 4 is 42.9 Å². The molecule has 4 aromatic heterocycles. The van der Waals surface area contributed by atoms with E-state index < -0.39 is 26.9 Å². The summed E-state index contributed by atoms with van der Waals surface area (Å²) in [5.74, 6) is 0. The zero-order chi connectivity index (χ0) is 25.1. The largest absolute Gasteiger partial charge is 0.332 e. The molecule has 1 N–H and O–H groups in total. The number of fused-ring (bicyclic) bond motifs is 1. The van der Waals surface area contributed by atoms with E-state index in [1.54, 1.807) is 24.1 Å². The van der Waals surface area contributed by atoms with Crippen LogP contribution >= 0.6 is 22.7 Å². The minimum Gasteiger partial charge on any atom is -0.292 e. The van der Waals surface area contributed by atoms with Crippen molar-refractivity contribution in [3.05, 3.63) is 71.9 Å². The summed E-state index contributed by atoms with van der Waals surface area (Å²) in [6.45, 7) is 11.2. The van der Waals surface area contributed by atoms with Crippen LogP contribution in [-0.4, -0.2) is 38.0 Å². The fraction of sp³-hybridized carbons (Fsp3) is 0.381. The van der Waals surface area contributed by atoms with Gasteiger partial charge >= 0.3 is 5.69 Å². The van der Waals surface area contributed by atoms with E-state index in [0.717, 1.165) is 31.5 Å². The third-order valence-corrected chi connectivity index (χ3v) is 10.0. The Balaban J connectivity index is 1.70. The maximum absolute atomic E-state index is 13.6. The van der Waals surface area contributed by atoms with Crippen LogP contribution in [0.15, 0.2) is 32.3 Å². The van der Waals surface area contributed by atoms with Crippen LogP contribution in [0.5, 0.6) is 0 Å². The molecule has 35 heavy (non-hydrogen) atoms. The Morgan fingerprint density at radius 1 is 1.20 bits per heavy atom. The maximum Gasteiger partial charge on any atom is 0.332 e. The molecule has 0 bridgehead atoms. The molecule has 1 aliphatic carbocycles. The summed E-state index contributed by atoms with van der Waals surface area (Å²) in [4.78, 5) is 35.9. The van der Waals surface area contributed by atoms with Gasteiger partial charge in [0.25, 0.3) is 21.2 Å². The van der Waals surface area contributed by atoms with Crippen LogP contribution in [0.4, 0.5) is 0 Å². The van der Waals surface area contributed by atoms with Gasteiger partial charge in [-0.1, -0.05) is 0 Å². The van der Waals surface area contributed by atoms with Gasteiger partial charge in [-0.3, -0.25) is 23.5 Å². The van der Waals surface area contributed by atoms with E-state index in [0.29, 0.717) is 18.4 Å². The molecule has 1 aliphatic rings. The third kappa shape index (κ3) is 4.25. The van der Waals surface area contributed by atoms with Gasteiger partial charge in [0.05, 0.1) is 48.2 Å². The number of nitrogens with one attached hydrogen (secondary N) is 1. The first-order chi connectivity index (χ1) is 16.5. The van der Waals surface area contributed by atoms with Crippen LogP contribution in [-0.2, 0) is 30.2 Å². The summed E-state index contributed by atoms with van der Waals surface area (Å²) < 4.78 is 32.6. The Morgan fingerprint density at radius 2 is 1.94 bits per heavy atom. The van der Waals surface area contributed by atoms with Crippen molar-refractivity contribution in [2.24, 2.45) is 7.05 Å². The Morgan fingerprint density at radius 3 is 2.51 bits per heavy atom. The fourth-order valence-electron chi connectivity index (χ4n) is 3.84. The molecule has 1 saturated carbocycles. The normalized spacial score (nSPS) is 14.9. The highest BCUT2D eigenvalue weighted by molar-refractivity contribution is 7.91. The second-order valence-corrected chi connectivity index (χ2v) is 12.8. The monoisotopic (exact) mass is 531 g/mol. The smallest absolute Gasteiger partial charge is 0.292 e. The molecule has 0 spiro atoms. The van der Waals surface area contributed by atoms with Crippen LogP contribution in [0.25, 0.3) is 15.1 Å². The van der Waals surface area contributed by atoms with Gasteiger partial charge in [-0.15, -0.1) is 27.4 Å². The molecule has 0 aromatic carbocycles. The van der Waals surface area contributed by atoms with Crippen molar-refractivity contribution in [2.45, 2.75) is 49.7 Å². The molecule has 1 fully saturated rings. The van der Waals surface area contributed by atoms with Gasteiger partial charge in [0.1, 0.15) is 9.04 Å². The molecule has 0 amide bonds. The number of nitrogens with zero attached hydrogens (tertiary/aromatic N) is 6. The average molecular weight is 532 g/mol. The standard InChI is InChI=1S/C21H21N7O4S3/c1-12-16(33-13(2)24-12)11-28-19-15(7-17(34-19)35(31,32)25-21(22-3)5-6-21)18(29)27(20(28)30)10-14-8-23-26(4)9-14/h7-9,25H,5-6,10-11H2,1-2,4H3. The molecule has 5 rings (SSSR count). The second kappa shape index (κ2) is 8.23. The quantitative estimate of drug-likeness (QED) is 0.363. The van der Waals surface area contributed by atoms with Gasteiger partial charge in [-0.05, 0) is 19.9 Å². The van der Waals surface area contributed by atoms with Crippen LogP contribution in [0, 0.1) is 20.4 Å². The molecular formula is C21H21N7O4S3. The second-order valence-electron chi connectivity index (χ2n) is 8.56. The molecule has 4 heterocycles. The van der Waals surface area contributed by atoms with Gasteiger partial charge < -0.3 is 0 Å². The van der Waals surface area contributed by atoms with E-state index >= 15 is 0 Å². The molecule has 0 unspecified atom stereocenters. The average Bonchev–Trinajstić information content (AvgIpc) is 3.10. The summed E-state index contributed by atoms with van der Waals surface area (Å²) in [6, 6.07) is 1.30. The van der Waals surface area contributed by atoms with E-state index in [1.807, 2.05) is 13.8 Å². The van der Waals surface area contributed by atoms with Crippen molar-refractivity contribution < 1.29 is 8.42 Å². The van der Waals surface area contributed by atoms with Crippen molar-refractivity contribution in [3.8, 4) is 0 Å². The van der Waals surface area contributed by atoms with Gasteiger partial charge in [0, 0.05) is 23.7 Å². The van der Waals surface area contributed by atoms with E-state index in [-0.39, 0.29) is 27.5 Å². The van der Waals surface area contributed by atoms with Gasteiger partial charge in [-0.25, -0.2) is 24.8 Å². The predicted molar refractivity (Wildman–Crippen MR) is 132 cm³/mol. The molecule has 182 valence electrons. The fourth-order valence-corrected chi connectivity index (χ4v) is 7.57. The first-order valence-corrected chi connectivity index (χ1v) is 13.7. The van der Waals surface area contributed by atoms with Gasteiger partial charge in [-0.2, -0.15) is 5.10 Å². The molecule has 4 aromatic rings. The number of rotatable bonds is 7. The highest BCUT2D eigenvalue weighted by Crippen LogP contribution is 2.39. The summed E-state index contributed by atoms with van der Waals surface area (Å²) in [5, 5.41) is 5.07. The van der Waals surface area contributed by atoms with Crippen molar-refractivity contribution in [3.63, 3.8) is 0 Å². The van der Waals surface area contributed by atoms with E-state index in [9.17, 15) is 18.0 Å². The van der Waals surface area contributed by atoms with E-state index in [4.69, 9.17) is 6.57 Å². The lowest BCUT2D eigenvalue weighted by Gasteiger charge is -2.11. The Hall–Kier alpha value is -3.12. The molecule has 11 nitrogen and oxygen atoms in total. The number of aryl methyl sites for hydroxylation is 3. The maximum atomic E-state index is 13.6. The summed E-state index contributed by atoms with van der Waals surface area (Å²) in [5.41, 5.74) is -0.801. The highest BCUT2D eigenvalue weighted by Gasteiger charge is 2.54. The zero-order valence-electron chi connectivity index (χ0n) is 19.1. The number of thiazole rings is 1. The lowest BCUT2D eigenvalue weighted by molar-refractivity contribution is 0.571. The Bertz CT molecular complexity index is 1740. The van der Waals surface area contributed by atoms with Crippen molar-refractivity contribution in [1.82, 2.24) is 28.6 Å². The molecule has 14 heteroatoms. The number of hydrogen-bond acceptors (Lipinski definition) is 8. The van der Waals surface area contributed by atoms with Crippen molar-refractivity contribution in [2.75, 3.05) is 0 Å². The minimum atomic E-state index is -4.05. The SMILES string of the molecule is [C-]#[N+]C1(NS(=O)(=O)c2cc3c(=O)n(Cc4cnn(C)c4)c(=O)n(Cc4sc(C)nc4C)c3s2)CC1. The molecule has 0 saturated heterocycles. The zero-order valence-corrected chi connectivity index (χ0v) is 21.6. The highest BCUT2D eigenvalue weighted by atomic mass is 32.2. The van der Waals surface area contributed by atoms with Crippen LogP contribution < -0.4 is 16.0 Å². The lowest BCUT2D eigenvalue weighted by Crippen LogP contribution is -2.40. The first kappa shape index (κ1) is 23.6. The van der Waals surface area contributed by atoms with Gasteiger partial charge in [0.2, 0.25) is 0 Å². The first-order valence-electron chi connectivity index (χ1n) is 10.6. The van der Waals surface area contributed by atoms with E-state index in [1.165, 1.54) is 22.0 Å². The Labute approximate surface area is 208 Å². The summed E-state index contributed by atoms with van der Waals surface area (Å²) >= 11 is 2.30. The molecule has 0 aliphatic heterocycles. The number of aromatic nitrogens is 5. The predicted octanol–water partition coefficient (Wildman–Crippen LogP) is 1.82. The van der Waals surface area contributed by atoms with Crippen molar-refractivity contribution in [1.29, 1.82) is 0 Å². The Kier molecular flexibility index (Phi) is 5.55. The van der Waals surface area contributed by atoms with Crippen LogP contribution in [0.1, 0.15) is 34.0 Å². The topological polar surface area (TPSA) is 125 Å². The van der Waals surface area contributed by atoms with Gasteiger partial charge in [0.15, 0.2) is 0 Å². The molecule has 0 atom stereocenters. The number of sulfonamides is 1. The van der Waals surface area contributed by atoms with Crippen LogP contribution in [0.2, 0.25) is 0 Å². The summed E-state index contributed by atoms with van der Waals surface area (Å²) in [7, 11) is -2.32. The third-order valence-electron chi connectivity index (χ3n) is 5.80. The number of thiophene rings is 1. The molecular weight excluding hydrogens is 510 g/mol. The van der Waals surface area contributed by atoms with Crippen LogP contribution in [0.3, 0.4) is 0 Å². The van der Waals surface area contributed by atoms with E-state index in [2.05, 4.69) is 19.6 Å². The lowest BCUT2D eigenvalue weighted by atomic mass is 10.3. The number of hydrogen-bond donors (Lipinski definition) is 1. The summed E-state index contributed by atoms with van der Waals surface area (Å²) in [6.07, 6.45) is 4.16. The minimum absolute atomic E-state index is 0.000832.